The molecule has 7 nitrogen and oxygen atoms in total. The molecule has 1 aromatic rings. The third-order valence-electron chi connectivity index (χ3n) is 2.71. The monoisotopic (exact) mass is 288 g/mol. The number of nitrogens with one attached hydrogen (secondary N) is 2. The number of carbonyl (C=O) groups is 1. The van der Waals surface area contributed by atoms with E-state index in [1.807, 2.05) is 6.92 Å². The normalized spacial score (nSPS) is 11.8. The Hall–Kier alpha value is -1.38. The molecule has 0 saturated carbocycles. The van der Waals surface area contributed by atoms with Gasteiger partial charge in [-0.05, 0) is 18.6 Å². The molecular weight excluding hydrogens is 268 g/mol. The molecule has 1 amide bonds. The van der Waals surface area contributed by atoms with Crippen LogP contribution in [0.4, 0.5) is 0 Å². The van der Waals surface area contributed by atoms with Crippen LogP contribution in [0.15, 0.2) is 18.3 Å². The minimum atomic E-state index is -3.69. The number of aryl methyl sites for hydroxylation is 1. The van der Waals surface area contributed by atoms with Crippen molar-refractivity contribution < 1.29 is 13.2 Å². The van der Waals surface area contributed by atoms with Gasteiger partial charge in [-0.15, -0.1) is 4.83 Å². The average Bonchev–Trinajstić information content (AvgIpc) is 2.79. The first-order chi connectivity index (χ1) is 8.88. The highest BCUT2D eigenvalue weighted by atomic mass is 32.2. The van der Waals surface area contributed by atoms with E-state index in [9.17, 15) is 13.2 Å². The van der Waals surface area contributed by atoms with Crippen LogP contribution in [0.1, 0.15) is 30.3 Å². The van der Waals surface area contributed by atoms with Gasteiger partial charge in [0.1, 0.15) is 5.69 Å². The molecule has 0 unspecified atom stereocenters. The molecule has 0 aliphatic heterocycles. The van der Waals surface area contributed by atoms with Gasteiger partial charge in [0.05, 0.1) is 0 Å². The van der Waals surface area contributed by atoms with Crippen molar-refractivity contribution in [3.05, 3.63) is 24.0 Å². The van der Waals surface area contributed by atoms with Gasteiger partial charge in [0, 0.05) is 26.8 Å². The van der Waals surface area contributed by atoms with Gasteiger partial charge in [-0.2, -0.15) is 12.7 Å². The number of carbonyl (C=O) groups excluding carboxylic acids is 1. The molecule has 0 aromatic carbocycles. The fraction of sp³-hybridized carbons (Fsp3) is 0.545. The summed E-state index contributed by atoms with van der Waals surface area (Å²) in [5.74, 6) is -0.500. The van der Waals surface area contributed by atoms with Crippen molar-refractivity contribution in [2.24, 2.45) is 7.05 Å². The van der Waals surface area contributed by atoms with Gasteiger partial charge in [-0.25, -0.2) is 0 Å². The Morgan fingerprint density at radius 1 is 1.47 bits per heavy atom. The number of hydrogen-bond donors (Lipinski definition) is 2. The molecule has 2 N–H and O–H groups in total. The second-order valence-electron chi connectivity index (χ2n) is 4.24. The summed E-state index contributed by atoms with van der Waals surface area (Å²) in [7, 11) is -0.519. The van der Waals surface area contributed by atoms with Crippen LogP contribution < -0.4 is 10.3 Å². The Bertz CT molecular complexity index is 524. The molecule has 0 bridgehead atoms. The molecule has 1 aromatic heterocycles. The summed E-state index contributed by atoms with van der Waals surface area (Å²) in [5.41, 5.74) is 2.56. The fourth-order valence-corrected chi connectivity index (χ4v) is 2.20. The minimum Gasteiger partial charge on any atom is -0.347 e. The Morgan fingerprint density at radius 3 is 2.68 bits per heavy atom. The maximum atomic E-state index is 11.8. The lowest BCUT2D eigenvalue weighted by Gasteiger charge is -2.17. The van der Waals surface area contributed by atoms with Crippen molar-refractivity contribution in [2.75, 3.05) is 13.6 Å². The summed E-state index contributed by atoms with van der Waals surface area (Å²) in [5, 5.41) is 0. The number of nitrogens with zero attached hydrogens (tertiary/aromatic N) is 2. The molecule has 19 heavy (non-hydrogen) atoms. The number of amides is 1. The number of aromatic nitrogens is 1. The molecule has 0 fully saturated rings. The Labute approximate surface area is 113 Å². The van der Waals surface area contributed by atoms with E-state index < -0.39 is 16.1 Å². The smallest absolute Gasteiger partial charge is 0.296 e. The highest BCUT2D eigenvalue weighted by Gasteiger charge is 2.18. The number of unbranched alkanes of at least 4 members (excludes halogenated alkanes) is 1. The Balaban J connectivity index is 2.56. The van der Waals surface area contributed by atoms with Crippen molar-refractivity contribution in [1.82, 2.24) is 19.1 Å². The molecule has 8 heteroatoms. The summed E-state index contributed by atoms with van der Waals surface area (Å²) in [6.45, 7) is 2.39. The largest absolute Gasteiger partial charge is 0.347 e. The topological polar surface area (TPSA) is 83.4 Å². The zero-order valence-electron chi connectivity index (χ0n) is 11.4. The van der Waals surface area contributed by atoms with Crippen molar-refractivity contribution in [2.45, 2.75) is 19.8 Å². The van der Waals surface area contributed by atoms with E-state index >= 15 is 0 Å². The summed E-state index contributed by atoms with van der Waals surface area (Å²) >= 11 is 0. The van der Waals surface area contributed by atoms with Crippen LogP contribution in [-0.4, -0.2) is 36.8 Å². The SMILES string of the molecule is CCCCN(C)S(=O)(=O)NNC(=O)c1cccn1C. The third kappa shape index (κ3) is 4.34. The number of hydrazine groups is 1. The van der Waals surface area contributed by atoms with Crippen molar-refractivity contribution in [3.8, 4) is 0 Å². The summed E-state index contributed by atoms with van der Waals surface area (Å²) in [6.07, 6.45) is 3.37. The average molecular weight is 288 g/mol. The zero-order chi connectivity index (χ0) is 14.5. The van der Waals surface area contributed by atoms with Crippen molar-refractivity contribution in [1.29, 1.82) is 0 Å². The van der Waals surface area contributed by atoms with Crippen LogP contribution >= 0.6 is 0 Å². The maximum Gasteiger partial charge on any atom is 0.296 e. The molecule has 0 spiro atoms. The molecule has 0 aliphatic carbocycles. The van der Waals surface area contributed by atoms with Gasteiger partial charge in [-0.3, -0.25) is 10.2 Å². The van der Waals surface area contributed by atoms with Gasteiger partial charge in [-0.1, -0.05) is 13.3 Å². The van der Waals surface area contributed by atoms with Gasteiger partial charge < -0.3 is 4.57 Å². The second-order valence-corrected chi connectivity index (χ2v) is 6.02. The van der Waals surface area contributed by atoms with Crippen LogP contribution in [0.25, 0.3) is 0 Å². The van der Waals surface area contributed by atoms with Crippen molar-refractivity contribution in [3.63, 3.8) is 0 Å². The molecule has 1 rings (SSSR count). The first kappa shape index (κ1) is 15.7. The van der Waals surface area contributed by atoms with Crippen LogP contribution in [0.5, 0.6) is 0 Å². The van der Waals surface area contributed by atoms with Crippen LogP contribution in [0.3, 0.4) is 0 Å². The van der Waals surface area contributed by atoms with E-state index in [1.54, 1.807) is 29.9 Å². The predicted molar refractivity (Wildman–Crippen MR) is 72.5 cm³/mol. The standard InChI is InChI=1S/C11H20N4O3S/c1-4-5-9-15(3)19(17,18)13-12-11(16)10-7-6-8-14(10)2/h6-8,13H,4-5,9H2,1-3H3,(H,12,16). The highest BCUT2D eigenvalue weighted by molar-refractivity contribution is 7.87. The second kappa shape index (κ2) is 6.69. The van der Waals surface area contributed by atoms with E-state index in [1.165, 1.54) is 11.4 Å². The van der Waals surface area contributed by atoms with E-state index in [-0.39, 0.29) is 0 Å². The summed E-state index contributed by atoms with van der Waals surface area (Å²) < 4.78 is 26.3. The molecular formula is C11H20N4O3S. The van der Waals surface area contributed by atoms with Crippen LogP contribution in [0.2, 0.25) is 0 Å². The highest BCUT2D eigenvalue weighted by Crippen LogP contribution is 2.00. The first-order valence-electron chi connectivity index (χ1n) is 6.03. The summed E-state index contributed by atoms with van der Waals surface area (Å²) in [4.78, 5) is 13.8. The first-order valence-corrected chi connectivity index (χ1v) is 7.47. The Kier molecular flexibility index (Phi) is 5.52. The third-order valence-corrected chi connectivity index (χ3v) is 4.07. The molecule has 0 radical (unpaired) electrons. The zero-order valence-corrected chi connectivity index (χ0v) is 12.2. The van der Waals surface area contributed by atoms with Crippen LogP contribution in [0, 0.1) is 0 Å². The van der Waals surface area contributed by atoms with Crippen LogP contribution in [-0.2, 0) is 17.3 Å². The number of rotatable bonds is 7. The quantitative estimate of drug-likeness (QED) is 0.705. The minimum absolute atomic E-state index is 0.374. The molecule has 0 aliphatic rings. The maximum absolute atomic E-state index is 11.8. The number of hydrogen-bond acceptors (Lipinski definition) is 3. The molecule has 0 atom stereocenters. The molecule has 1 heterocycles. The molecule has 108 valence electrons. The lowest BCUT2D eigenvalue weighted by atomic mass is 10.3. The molecule has 0 saturated heterocycles. The predicted octanol–water partition coefficient (Wildman–Crippen LogP) is 0.236. The van der Waals surface area contributed by atoms with Gasteiger partial charge >= 0.3 is 0 Å². The van der Waals surface area contributed by atoms with Gasteiger partial charge in [0.2, 0.25) is 0 Å². The van der Waals surface area contributed by atoms with E-state index in [2.05, 4.69) is 10.3 Å². The van der Waals surface area contributed by atoms with Crippen molar-refractivity contribution >= 4 is 16.1 Å². The lowest BCUT2D eigenvalue weighted by molar-refractivity contribution is 0.0936. The van der Waals surface area contributed by atoms with Gasteiger partial charge in [0.15, 0.2) is 0 Å². The summed E-state index contributed by atoms with van der Waals surface area (Å²) in [6, 6.07) is 3.31. The Morgan fingerprint density at radius 2 is 2.16 bits per heavy atom. The van der Waals surface area contributed by atoms with E-state index in [4.69, 9.17) is 0 Å². The van der Waals surface area contributed by atoms with Gasteiger partial charge in [0.25, 0.3) is 16.1 Å². The fourth-order valence-electron chi connectivity index (χ4n) is 1.45. The van der Waals surface area contributed by atoms with E-state index in [0.717, 1.165) is 12.8 Å². The van der Waals surface area contributed by atoms with E-state index in [0.29, 0.717) is 12.2 Å². The lowest BCUT2D eigenvalue weighted by Crippen LogP contribution is -2.48.